The molecule has 1 rings (SSSR count). The van der Waals surface area contributed by atoms with Gasteiger partial charge in [0.2, 0.25) is 0 Å². The van der Waals surface area contributed by atoms with E-state index in [9.17, 15) is 4.79 Å². The minimum atomic E-state index is -0.465. The molecule has 0 bridgehead atoms. The van der Waals surface area contributed by atoms with Crippen molar-refractivity contribution in [1.29, 1.82) is 0 Å². The van der Waals surface area contributed by atoms with Gasteiger partial charge < -0.3 is 9.47 Å². The summed E-state index contributed by atoms with van der Waals surface area (Å²) in [5.41, 5.74) is -0.465. The largest absolute Gasteiger partial charge is 0.453 e. The molecule has 1 aliphatic rings. The molecule has 3 atom stereocenters. The Bertz CT molecular complexity index is 275. The van der Waals surface area contributed by atoms with Crippen LogP contribution in [-0.4, -0.2) is 24.8 Å². The van der Waals surface area contributed by atoms with Crippen molar-refractivity contribution in [3.05, 3.63) is 12.7 Å². The number of carbonyl (C=O) groups excluding carboxylic acids is 1. The Labute approximate surface area is 104 Å². The van der Waals surface area contributed by atoms with E-state index in [1.165, 1.54) is 6.08 Å². The van der Waals surface area contributed by atoms with Gasteiger partial charge >= 0.3 is 5.97 Å². The maximum atomic E-state index is 11.6. The molecule has 1 saturated carbocycles. The summed E-state index contributed by atoms with van der Waals surface area (Å²) in [4.78, 5) is 11.6. The van der Waals surface area contributed by atoms with Crippen LogP contribution in [0.25, 0.3) is 0 Å². The third kappa shape index (κ3) is 2.89. The van der Waals surface area contributed by atoms with Gasteiger partial charge in [-0.2, -0.15) is 0 Å². The molecule has 0 heterocycles. The summed E-state index contributed by atoms with van der Waals surface area (Å²) in [6.45, 7) is 7.73. The van der Waals surface area contributed by atoms with Crippen LogP contribution in [0.15, 0.2) is 12.7 Å². The average Bonchev–Trinajstić information content (AvgIpc) is 2.37. The highest BCUT2D eigenvalue weighted by Crippen LogP contribution is 2.41. The molecule has 17 heavy (non-hydrogen) atoms. The minimum absolute atomic E-state index is 0.00935. The van der Waals surface area contributed by atoms with Crippen LogP contribution in [0.3, 0.4) is 0 Å². The van der Waals surface area contributed by atoms with Crippen LogP contribution in [-0.2, 0) is 14.3 Å². The van der Waals surface area contributed by atoms with Crippen molar-refractivity contribution in [1.82, 2.24) is 0 Å². The molecular formula is C14H24O3. The first-order chi connectivity index (χ1) is 8.10. The van der Waals surface area contributed by atoms with Gasteiger partial charge in [0.05, 0.1) is 6.10 Å². The fourth-order valence-electron chi connectivity index (χ4n) is 2.81. The van der Waals surface area contributed by atoms with Gasteiger partial charge in [0, 0.05) is 13.2 Å². The van der Waals surface area contributed by atoms with E-state index in [1.807, 2.05) is 0 Å². The average molecular weight is 240 g/mol. The molecule has 0 radical (unpaired) electrons. The van der Waals surface area contributed by atoms with Crippen LogP contribution >= 0.6 is 0 Å². The molecule has 0 aromatic heterocycles. The SMILES string of the molecule is C=CC(=O)OC1(C(C)CC)CCCCC1OC. The van der Waals surface area contributed by atoms with E-state index in [-0.39, 0.29) is 12.1 Å². The fourth-order valence-corrected chi connectivity index (χ4v) is 2.81. The number of esters is 1. The number of methoxy groups -OCH3 is 1. The highest BCUT2D eigenvalue weighted by Gasteiger charge is 2.47. The Balaban J connectivity index is 2.96. The zero-order chi connectivity index (χ0) is 12.9. The molecule has 0 aromatic carbocycles. The summed E-state index contributed by atoms with van der Waals surface area (Å²) in [6.07, 6.45) is 6.31. The molecule has 3 heteroatoms. The number of hydrogen-bond acceptors (Lipinski definition) is 3. The van der Waals surface area contributed by atoms with Gasteiger partial charge in [-0.3, -0.25) is 0 Å². The Morgan fingerprint density at radius 2 is 2.29 bits per heavy atom. The Morgan fingerprint density at radius 1 is 1.59 bits per heavy atom. The molecule has 0 amide bonds. The fraction of sp³-hybridized carbons (Fsp3) is 0.786. The molecule has 3 unspecified atom stereocenters. The summed E-state index contributed by atoms with van der Waals surface area (Å²) in [5.74, 6) is -0.0362. The Kier molecular flexibility index (Phi) is 5.19. The van der Waals surface area contributed by atoms with Crippen molar-refractivity contribution in [3.8, 4) is 0 Å². The predicted octanol–water partition coefficient (Wildman–Crippen LogP) is 3.09. The number of hydrogen-bond donors (Lipinski definition) is 0. The summed E-state index contributed by atoms with van der Waals surface area (Å²) in [7, 11) is 1.70. The van der Waals surface area contributed by atoms with Crippen LogP contribution in [0, 0.1) is 5.92 Å². The summed E-state index contributed by atoms with van der Waals surface area (Å²) in [5, 5.41) is 0. The second-order valence-corrected chi connectivity index (χ2v) is 4.86. The lowest BCUT2D eigenvalue weighted by Crippen LogP contribution is -2.53. The lowest BCUT2D eigenvalue weighted by Gasteiger charge is -2.46. The first-order valence-electron chi connectivity index (χ1n) is 6.49. The van der Waals surface area contributed by atoms with Crippen molar-refractivity contribution in [2.75, 3.05) is 7.11 Å². The van der Waals surface area contributed by atoms with Gasteiger partial charge in [-0.25, -0.2) is 4.79 Å². The maximum Gasteiger partial charge on any atom is 0.330 e. The van der Waals surface area contributed by atoms with Crippen LogP contribution in [0.2, 0.25) is 0 Å². The number of carbonyl (C=O) groups is 1. The van der Waals surface area contributed by atoms with E-state index >= 15 is 0 Å². The van der Waals surface area contributed by atoms with E-state index in [1.54, 1.807) is 7.11 Å². The topological polar surface area (TPSA) is 35.5 Å². The van der Waals surface area contributed by atoms with Crippen molar-refractivity contribution in [2.24, 2.45) is 5.92 Å². The van der Waals surface area contributed by atoms with Crippen molar-refractivity contribution >= 4 is 5.97 Å². The summed E-state index contributed by atoms with van der Waals surface area (Å²) in [6, 6.07) is 0. The maximum absolute atomic E-state index is 11.6. The zero-order valence-electron chi connectivity index (χ0n) is 11.2. The Morgan fingerprint density at radius 3 is 2.82 bits per heavy atom. The minimum Gasteiger partial charge on any atom is -0.453 e. The second-order valence-electron chi connectivity index (χ2n) is 4.86. The number of ether oxygens (including phenoxy) is 2. The molecule has 0 N–H and O–H groups in total. The monoisotopic (exact) mass is 240 g/mol. The smallest absolute Gasteiger partial charge is 0.330 e. The van der Waals surface area contributed by atoms with Crippen molar-refractivity contribution in [2.45, 2.75) is 57.7 Å². The molecule has 0 spiro atoms. The van der Waals surface area contributed by atoms with Crippen molar-refractivity contribution < 1.29 is 14.3 Å². The van der Waals surface area contributed by atoms with Gasteiger partial charge in [0.25, 0.3) is 0 Å². The van der Waals surface area contributed by atoms with E-state index in [0.29, 0.717) is 5.92 Å². The van der Waals surface area contributed by atoms with Crippen LogP contribution in [0.5, 0.6) is 0 Å². The number of rotatable bonds is 5. The van der Waals surface area contributed by atoms with Crippen LogP contribution in [0.1, 0.15) is 46.0 Å². The van der Waals surface area contributed by atoms with Crippen molar-refractivity contribution in [3.63, 3.8) is 0 Å². The molecule has 0 aliphatic heterocycles. The molecular weight excluding hydrogens is 216 g/mol. The van der Waals surface area contributed by atoms with Crippen LogP contribution < -0.4 is 0 Å². The lowest BCUT2D eigenvalue weighted by atomic mass is 9.73. The van der Waals surface area contributed by atoms with Crippen LogP contribution in [0.4, 0.5) is 0 Å². The first kappa shape index (κ1) is 14.2. The van der Waals surface area contributed by atoms with Gasteiger partial charge in [-0.15, -0.1) is 0 Å². The van der Waals surface area contributed by atoms with Gasteiger partial charge in [-0.05, 0) is 31.6 Å². The highest BCUT2D eigenvalue weighted by atomic mass is 16.6. The van der Waals surface area contributed by atoms with Gasteiger partial charge in [0.15, 0.2) is 0 Å². The molecule has 0 saturated heterocycles. The van der Waals surface area contributed by atoms with E-state index in [0.717, 1.165) is 32.1 Å². The van der Waals surface area contributed by atoms with E-state index < -0.39 is 5.60 Å². The van der Waals surface area contributed by atoms with Gasteiger partial charge in [0.1, 0.15) is 5.60 Å². The van der Waals surface area contributed by atoms with Gasteiger partial charge in [-0.1, -0.05) is 26.8 Å². The predicted molar refractivity (Wildman–Crippen MR) is 67.7 cm³/mol. The normalized spacial score (nSPS) is 30.6. The molecule has 0 aromatic rings. The first-order valence-corrected chi connectivity index (χ1v) is 6.49. The third-order valence-electron chi connectivity index (χ3n) is 4.02. The zero-order valence-corrected chi connectivity index (χ0v) is 11.2. The molecule has 3 nitrogen and oxygen atoms in total. The Hall–Kier alpha value is -0.830. The van der Waals surface area contributed by atoms with E-state index in [2.05, 4.69) is 20.4 Å². The third-order valence-corrected chi connectivity index (χ3v) is 4.02. The molecule has 1 aliphatic carbocycles. The lowest BCUT2D eigenvalue weighted by molar-refractivity contribution is -0.192. The molecule has 1 fully saturated rings. The molecule has 98 valence electrons. The summed E-state index contributed by atoms with van der Waals surface area (Å²) < 4.78 is 11.3. The summed E-state index contributed by atoms with van der Waals surface area (Å²) >= 11 is 0. The van der Waals surface area contributed by atoms with E-state index in [4.69, 9.17) is 9.47 Å². The standard InChI is InChI=1S/C14H24O3/c1-5-11(3)14(17-13(15)6-2)10-8-7-9-12(14)16-4/h6,11-12H,2,5,7-10H2,1,3-4H3. The quantitative estimate of drug-likeness (QED) is 0.547. The highest BCUT2D eigenvalue weighted by molar-refractivity contribution is 5.81. The second kappa shape index (κ2) is 6.20.